The molecule has 5 atom stereocenters. The number of para-hydroxylation sites is 1. The van der Waals surface area contributed by atoms with Gasteiger partial charge >= 0.3 is 5.97 Å². The van der Waals surface area contributed by atoms with Gasteiger partial charge in [0.25, 0.3) is 0 Å². The Kier molecular flexibility index (Phi) is 9.97. The summed E-state index contributed by atoms with van der Waals surface area (Å²) in [7, 11) is 0. The number of nitrogens with one attached hydrogen (secondary N) is 4. The molecule has 0 radical (unpaired) electrons. The highest BCUT2D eigenvalue weighted by atomic mass is 16.4. The van der Waals surface area contributed by atoms with Crippen LogP contribution in [0, 0.1) is 5.92 Å². The lowest BCUT2D eigenvalue weighted by molar-refractivity contribution is -0.144. The molecule has 12 heteroatoms. The minimum atomic E-state index is -1.53. The standard InChI is InChI=1S/C24H34N6O6/c1-4-12(2)20(23(34)29-18(24(35)36)10-19(26)31)30-21(32)13(3)28-22(33)16(25)9-14-11-27-17-8-6-5-7-15(14)17/h5-8,11-13,16,18,20,27H,4,9-10,25H2,1-3H3,(H2,26,31)(H,28,33)(H,29,34)(H,30,32)(H,35,36). The number of benzene rings is 1. The molecule has 0 fully saturated rings. The molecule has 12 nitrogen and oxygen atoms in total. The van der Waals surface area contributed by atoms with Gasteiger partial charge in [0.1, 0.15) is 18.1 Å². The summed E-state index contributed by atoms with van der Waals surface area (Å²) in [5.41, 5.74) is 12.9. The van der Waals surface area contributed by atoms with E-state index in [0.717, 1.165) is 16.5 Å². The lowest BCUT2D eigenvalue weighted by atomic mass is 9.97. The van der Waals surface area contributed by atoms with E-state index in [-0.39, 0.29) is 12.3 Å². The lowest BCUT2D eigenvalue weighted by Crippen LogP contribution is -2.58. The van der Waals surface area contributed by atoms with Gasteiger partial charge in [0.05, 0.1) is 12.5 Å². The minimum Gasteiger partial charge on any atom is -0.480 e. The predicted molar refractivity (Wildman–Crippen MR) is 132 cm³/mol. The van der Waals surface area contributed by atoms with Crippen LogP contribution in [0.5, 0.6) is 0 Å². The summed E-state index contributed by atoms with van der Waals surface area (Å²) in [6, 6.07) is 3.03. The second-order valence-corrected chi connectivity index (χ2v) is 8.84. The molecule has 2 rings (SSSR count). The van der Waals surface area contributed by atoms with Gasteiger partial charge < -0.3 is 37.5 Å². The van der Waals surface area contributed by atoms with Crippen LogP contribution in [0.2, 0.25) is 0 Å². The van der Waals surface area contributed by atoms with Gasteiger partial charge in [-0.3, -0.25) is 19.2 Å². The van der Waals surface area contributed by atoms with Crippen LogP contribution < -0.4 is 27.4 Å². The number of aliphatic carboxylic acids is 1. The van der Waals surface area contributed by atoms with Crippen LogP contribution in [0.1, 0.15) is 39.2 Å². The highest BCUT2D eigenvalue weighted by Gasteiger charge is 2.32. The van der Waals surface area contributed by atoms with E-state index in [1.807, 2.05) is 24.3 Å². The van der Waals surface area contributed by atoms with Gasteiger partial charge in [0, 0.05) is 17.1 Å². The van der Waals surface area contributed by atoms with Crippen LogP contribution in [0.3, 0.4) is 0 Å². The number of amides is 4. The third-order valence-corrected chi connectivity index (χ3v) is 6.02. The Morgan fingerprint density at radius 2 is 1.67 bits per heavy atom. The first-order valence-corrected chi connectivity index (χ1v) is 11.7. The minimum absolute atomic E-state index is 0.249. The number of aromatic nitrogens is 1. The maximum absolute atomic E-state index is 12.8. The number of carbonyl (C=O) groups is 5. The monoisotopic (exact) mass is 502 g/mol. The second-order valence-electron chi connectivity index (χ2n) is 8.84. The fourth-order valence-electron chi connectivity index (χ4n) is 3.66. The van der Waals surface area contributed by atoms with Crippen molar-refractivity contribution in [2.75, 3.05) is 0 Å². The van der Waals surface area contributed by atoms with Crippen molar-refractivity contribution < 1.29 is 29.1 Å². The average molecular weight is 503 g/mol. The van der Waals surface area contributed by atoms with E-state index >= 15 is 0 Å². The molecule has 0 saturated carbocycles. The molecule has 1 aromatic carbocycles. The number of hydrogen-bond donors (Lipinski definition) is 7. The number of primary amides is 1. The summed E-state index contributed by atoms with van der Waals surface area (Å²) in [5, 5.41) is 17.6. The smallest absolute Gasteiger partial charge is 0.326 e. The number of aromatic amines is 1. The van der Waals surface area contributed by atoms with Crippen molar-refractivity contribution in [3.63, 3.8) is 0 Å². The van der Waals surface area contributed by atoms with Crippen molar-refractivity contribution >= 4 is 40.5 Å². The summed E-state index contributed by atoms with van der Waals surface area (Å²) in [6.07, 6.45) is 1.93. The lowest BCUT2D eigenvalue weighted by Gasteiger charge is -2.27. The van der Waals surface area contributed by atoms with Crippen LogP contribution in [-0.4, -0.2) is 63.9 Å². The number of H-pyrrole nitrogens is 1. The SMILES string of the molecule is CCC(C)C(NC(=O)C(C)NC(=O)C(N)Cc1c[nH]c2ccccc12)C(=O)NC(CC(N)=O)C(=O)O. The predicted octanol–water partition coefficient (Wildman–Crippen LogP) is -0.482. The molecule has 0 saturated heterocycles. The highest BCUT2D eigenvalue weighted by molar-refractivity contribution is 5.95. The first kappa shape index (κ1) is 28.3. The van der Waals surface area contributed by atoms with E-state index < -0.39 is 60.2 Å². The maximum atomic E-state index is 12.8. The van der Waals surface area contributed by atoms with Crippen molar-refractivity contribution in [3.8, 4) is 0 Å². The summed E-state index contributed by atoms with van der Waals surface area (Å²) in [5.74, 6) is -4.66. The van der Waals surface area contributed by atoms with Crippen molar-refractivity contribution in [2.24, 2.45) is 17.4 Å². The molecule has 5 unspecified atom stereocenters. The summed E-state index contributed by atoms with van der Waals surface area (Å²) < 4.78 is 0. The molecule has 2 aromatic rings. The van der Waals surface area contributed by atoms with Crippen LogP contribution in [-0.2, 0) is 30.4 Å². The number of hydrogen-bond acceptors (Lipinski definition) is 6. The molecule has 0 aliphatic heterocycles. The Hall–Kier alpha value is -3.93. The average Bonchev–Trinajstić information content (AvgIpc) is 3.23. The number of carboxylic acid groups (broad SMARTS) is 1. The number of fused-ring (bicyclic) bond motifs is 1. The Bertz CT molecular complexity index is 1120. The van der Waals surface area contributed by atoms with Crippen molar-refractivity contribution in [1.82, 2.24) is 20.9 Å². The molecule has 0 aliphatic rings. The van der Waals surface area contributed by atoms with Crippen molar-refractivity contribution in [3.05, 3.63) is 36.0 Å². The second kappa shape index (κ2) is 12.7. The van der Waals surface area contributed by atoms with Crippen molar-refractivity contribution in [1.29, 1.82) is 0 Å². The van der Waals surface area contributed by atoms with Gasteiger partial charge in [-0.15, -0.1) is 0 Å². The molecule has 0 aliphatic carbocycles. The summed E-state index contributed by atoms with van der Waals surface area (Å²) in [6.45, 7) is 4.95. The normalized spacial score (nSPS) is 15.2. The van der Waals surface area contributed by atoms with E-state index in [1.54, 1.807) is 20.0 Å². The van der Waals surface area contributed by atoms with Gasteiger partial charge in [0.15, 0.2) is 0 Å². The quantitative estimate of drug-likeness (QED) is 0.191. The first-order valence-electron chi connectivity index (χ1n) is 11.7. The van der Waals surface area contributed by atoms with Gasteiger partial charge in [0.2, 0.25) is 23.6 Å². The van der Waals surface area contributed by atoms with Gasteiger partial charge in [-0.05, 0) is 30.9 Å². The molecular formula is C24H34N6O6. The topological polar surface area (TPSA) is 209 Å². The zero-order valence-electron chi connectivity index (χ0n) is 20.5. The number of rotatable bonds is 13. The zero-order valence-corrected chi connectivity index (χ0v) is 20.5. The Labute approximate surface area is 208 Å². The fraction of sp³-hybridized carbons (Fsp3) is 0.458. The Morgan fingerprint density at radius 3 is 2.28 bits per heavy atom. The van der Waals surface area contributed by atoms with Crippen LogP contribution in [0.4, 0.5) is 0 Å². The van der Waals surface area contributed by atoms with Crippen molar-refractivity contribution in [2.45, 2.75) is 64.2 Å². The van der Waals surface area contributed by atoms with E-state index in [0.29, 0.717) is 6.42 Å². The van der Waals surface area contributed by atoms with E-state index in [9.17, 15) is 29.1 Å². The Balaban J connectivity index is 2.01. The first-order chi connectivity index (χ1) is 16.9. The molecule has 196 valence electrons. The number of carbonyl (C=O) groups excluding carboxylic acids is 4. The molecule has 1 heterocycles. The van der Waals surface area contributed by atoms with Gasteiger partial charge in [-0.2, -0.15) is 0 Å². The highest BCUT2D eigenvalue weighted by Crippen LogP contribution is 2.18. The molecule has 0 spiro atoms. The van der Waals surface area contributed by atoms with E-state index in [2.05, 4.69) is 20.9 Å². The summed E-state index contributed by atoms with van der Waals surface area (Å²) >= 11 is 0. The van der Waals surface area contributed by atoms with Gasteiger partial charge in [-0.25, -0.2) is 4.79 Å². The molecule has 1 aromatic heterocycles. The van der Waals surface area contributed by atoms with Crippen LogP contribution in [0.15, 0.2) is 30.5 Å². The third-order valence-electron chi connectivity index (χ3n) is 6.02. The maximum Gasteiger partial charge on any atom is 0.326 e. The largest absolute Gasteiger partial charge is 0.480 e. The van der Waals surface area contributed by atoms with Crippen LogP contribution >= 0.6 is 0 Å². The summed E-state index contributed by atoms with van der Waals surface area (Å²) in [4.78, 5) is 63.8. The molecule has 9 N–H and O–H groups in total. The number of nitrogens with two attached hydrogens (primary N) is 2. The molecule has 36 heavy (non-hydrogen) atoms. The van der Waals surface area contributed by atoms with E-state index in [1.165, 1.54) is 6.92 Å². The van der Waals surface area contributed by atoms with Crippen LogP contribution in [0.25, 0.3) is 10.9 Å². The molecule has 0 bridgehead atoms. The number of carboxylic acids is 1. The Morgan fingerprint density at radius 1 is 1.00 bits per heavy atom. The zero-order chi connectivity index (χ0) is 27.0. The molecular weight excluding hydrogens is 468 g/mol. The molecule has 4 amide bonds. The van der Waals surface area contributed by atoms with Gasteiger partial charge in [-0.1, -0.05) is 38.5 Å². The third kappa shape index (κ3) is 7.54. The van der Waals surface area contributed by atoms with E-state index in [4.69, 9.17) is 11.5 Å². The fourth-order valence-corrected chi connectivity index (χ4v) is 3.66.